The number of halogens is 2. The largest absolute Gasteiger partial charge is 0.348 e. The molecule has 3 N–H and O–H groups in total. The van der Waals surface area contributed by atoms with Crippen molar-refractivity contribution < 1.29 is 4.79 Å². The molecule has 2 aliphatic carbocycles. The van der Waals surface area contributed by atoms with Crippen molar-refractivity contribution in [1.29, 1.82) is 0 Å². The summed E-state index contributed by atoms with van der Waals surface area (Å²) in [7, 11) is 0. The second kappa shape index (κ2) is 9.29. The van der Waals surface area contributed by atoms with Gasteiger partial charge in [-0.15, -0.1) is 12.4 Å². The van der Waals surface area contributed by atoms with E-state index < -0.39 is 0 Å². The van der Waals surface area contributed by atoms with Crippen LogP contribution in [0.25, 0.3) is 5.69 Å². The van der Waals surface area contributed by atoms with Crippen LogP contribution in [0.3, 0.4) is 0 Å². The number of hydrogen-bond donors (Lipinski definition) is 2. The van der Waals surface area contributed by atoms with E-state index in [1.807, 2.05) is 28.9 Å². The van der Waals surface area contributed by atoms with E-state index in [9.17, 15) is 4.79 Å². The number of fused-ring (bicyclic) bond motifs is 1. The number of carbonyl (C=O) groups excluding carboxylic acids is 1. The lowest BCUT2D eigenvalue weighted by Crippen LogP contribution is -2.40. The maximum Gasteiger partial charge on any atom is 0.272 e. The van der Waals surface area contributed by atoms with Crippen LogP contribution in [-0.2, 0) is 12.8 Å². The number of nitrogens with zero attached hydrogens (tertiary/aromatic N) is 2. The van der Waals surface area contributed by atoms with Crippen LogP contribution in [0.1, 0.15) is 66.7 Å². The molecule has 4 rings (SSSR count). The van der Waals surface area contributed by atoms with E-state index in [1.165, 1.54) is 12.1 Å². The fraction of sp³-hybridized carbons (Fsp3) is 0.524. The van der Waals surface area contributed by atoms with Crippen molar-refractivity contribution in [2.75, 3.05) is 0 Å². The van der Waals surface area contributed by atoms with Crippen LogP contribution in [0.2, 0.25) is 5.02 Å². The Kier molecular flexibility index (Phi) is 7.02. The Balaban J connectivity index is 0.00000225. The van der Waals surface area contributed by atoms with Gasteiger partial charge in [0.05, 0.1) is 5.69 Å². The summed E-state index contributed by atoms with van der Waals surface area (Å²) in [5.74, 6) is -0.0404. The molecule has 5 nitrogen and oxygen atoms in total. The number of nitrogens with two attached hydrogens (primary N) is 1. The molecule has 0 radical (unpaired) electrons. The highest BCUT2D eigenvalue weighted by atomic mass is 35.5. The van der Waals surface area contributed by atoms with E-state index in [1.54, 1.807) is 0 Å². The van der Waals surface area contributed by atoms with Crippen molar-refractivity contribution in [2.24, 2.45) is 5.73 Å². The van der Waals surface area contributed by atoms with Crippen LogP contribution >= 0.6 is 24.0 Å². The summed E-state index contributed by atoms with van der Waals surface area (Å²) in [5.41, 5.74) is 9.83. The van der Waals surface area contributed by atoms with Gasteiger partial charge >= 0.3 is 0 Å². The Hall–Kier alpha value is -1.56. The van der Waals surface area contributed by atoms with Gasteiger partial charge in [-0.2, -0.15) is 5.10 Å². The molecule has 0 saturated heterocycles. The van der Waals surface area contributed by atoms with Gasteiger partial charge < -0.3 is 11.1 Å². The molecule has 0 unspecified atom stereocenters. The topological polar surface area (TPSA) is 72.9 Å². The van der Waals surface area contributed by atoms with Crippen molar-refractivity contribution in [2.45, 2.75) is 69.9 Å². The number of carbonyl (C=O) groups is 1. The van der Waals surface area contributed by atoms with Crippen molar-refractivity contribution in [1.82, 2.24) is 15.1 Å². The Morgan fingerprint density at radius 2 is 1.75 bits per heavy atom. The number of nitrogens with one attached hydrogen (secondary N) is 1. The zero-order chi connectivity index (χ0) is 18.8. The molecule has 1 fully saturated rings. The average molecular weight is 423 g/mol. The van der Waals surface area contributed by atoms with Crippen LogP contribution in [-0.4, -0.2) is 27.8 Å². The molecule has 2 aliphatic rings. The van der Waals surface area contributed by atoms with Crippen molar-refractivity contribution in [3.05, 3.63) is 46.2 Å². The highest BCUT2D eigenvalue weighted by molar-refractivity contribution is 6.30. The number of benzene rings is 1. The molecular weight excluding hydrogens is 395 g/mol. The number of hydrogen-bond acceptors (Lipinski definition) is 3. The van der Waals surface area contributed by atoms with Gasteiger partial charge in [0, 0.05) is 28.4 Å². The molecule has 0 atom stereocenters. The Bertz CT molecular complexity index is 811. The van der Waals surface area contributed by atoms with E-state index in [0.29, 0.717) is 10.7 Å². The molecular formula is C21H28Cl2N4O. The van der Waals surface area contributed by atoms with Crippen LogP contribution < -0.4 is 11.1 Å². The minimum absolute atomic E-state index is 0. The van der Waals surface area contributed by atoms with Gasteiger partial charge in [-0.3, -0.25) is 4.79 Å². The van der Waals surface area contributed by atoms with Gasteiger partial charge in [-0.25, -0.2) is 4.68 Å². The van der Waals surface area contributed by atoms with Crippen molar-refractivity contribution >= 4 is 29.9 Å². The zero-order valence-corrected chi connectivity index (χ0v) is 17.6. The molecule has 1 heterocycles. The third-order valence-corrected chi connectivity index (χ3v) is 6.08. The molecule has 7 heteroatoms. The van der Waals surface area contributed by atoms with E-state index in [2.05, 4.69) is 5.32 Å². The summed E-state index contributed by atoms with van der Waals surface area (Å²) in [4.78, 5) is 13.0. The molecule has 2 aromatic rings. The predicted molar refractivity (Wildman–Crippen MR) is 115 cm³/mol. The maximum atomic E-state index is 13.0. The molecule has 1 aromatic carbocycles. The first-order chi connectivity index (χ1) is 13.1. The maximum absolute atomic E-state index is 13.0. The monoisotopic (exact) mass is 422 g/mol. The van der Waals surface area contributed by atoms with E-state index in [4.69, 9.17) is 22.4 Å². The lowest BCUT2D eigenvalue weighted by atomic mass is 9.91. The molecule has 1 amide bonds. The SMILES string of the molecule is Cl.NC1CCC(NC(=O)c2nn(-c3ccc(Cl)cc3)c3c2CCCCC3)CC1. The second-order valence-corrected chi connectivity index (χ2v) is 8.24. The average Bonchev–Trinajstić information content (AvgIpc) is 2.86. The first-order valence-electron chi connectivity index (χ1n) is 10.0. The normalized spacial score (nSPS) is 21.9. The minimum atomic E-state index is -0.0404. The lowest BCUT2D eigenvalue weighted by Gasteiger charge is -2.26. The van der Waals surface area contributed by atoms with Crippen molar-refractivity contribution in [3.8, 4) is 5.69 Å². The fourth-order valence-electron chi connectivity index (χ4n) is 4.27. The molecule has 0 spiro atoms. The van der Waals surface area contributed by atoms with Gasteiger partial charge in [0.2, 0.25) is 0 Å². The first kappa shape index (κ1) is 21.2. The fourth-order valence-corrected chi connectivity index (χ4v) is 4.40. The highest BCUT2D eigenvalue weighted by Gasteiger charge is 2.27. The number of aromatic nitrogens is 2. The Morgan fingerprint density at radius 3 is 2.46 bits per heavy atom. The number of amides is 1. The van der Waals surface area contributed by atoms with Gasteiger partial charge in [-0.1, -0.05) is 18.0 Å². The van der Waals surface area contributed by atoms with Crippen LogP contribution in [0, 0.1) is 0 Å². The first-order valence-corrected chi connectivity index (χ1v) is 10.4. The Labute approximate surface area is 177 Å². The molecule has 152 valence electrons. The van der Waals surface area contributed by atoms with Gasteiger partial charge in [0.25, 0.3) is 5.91 Å². The lowest BCUT2D eigenvalue weighted by molar-refractivity contribution is 0.0919. The van der Waals surface area contributed by atoms with Crippen LogP contribution in [0.15, 0.2) is 24.3 Å². The smallest absolute Gasteiger partial charge is 0.272 e. The van der Waals surface area contributed by atoms with E-state index >= 15 is 0 Å². The van der Waals surface area contributed by atoms with Crippen LogP contribution in [0.5, 0.6) is 0 Å². The number of rotatable bonds is 3. The Morgan fingerprint density at radius 1 is 1.07 bits per heavy atom. The molecule has 0 bridgehead atoms. The van der Waals surface area contributed by atoms with E-state index in [0.717, 1.165) is 62.6 Å². The summed E-state index contributed by atoms with van der Waals surface area (Å²) in [6.45, 7) is 0. The van der Waals surface area contributed by atoms with Crippen molar-refractivity contribution in [3.63, 3.8) is 0 Å². The van der Waals surface area contributed by atoms with E-state index in [-0.39, 0.29) is 30.4 Å². The van der Waals surface area contributed by atoms with Crippen LogP contribution in [0.4, 0.5) is 0 Å². The third kappa shape index (κ3) is 4.53. The van der Waals surface area contributed by atoms with Gasteiger partial charge in [-0.05, 0) is 75.6 Å². The summed E-state index contributed by atoms with van der Waals surface area (Å²) < 4.78 is 1.95. The highest BCUT2D eigenvalue weighted by Crippen LogP contribution is 2.27. The summed E-state index contributed by atoms with van der Waals surface area (Å²) >= 11 is 6.04. The summed E-state index contributed by atoms with van der Waals surface area (Å²) in [6.07, 6.45) is 9.16. The molecule has 1 saturated carbocycles. The summed E-state index contributed by atoms with van der Waals surface area (Å²) in [6, 6.07) is 8.15. The quantitative estimate of drug-likeness (QED) is 0.727. The summed E-state index contributed by atoms with van der Waals surface area (Å²) in [5, 5.41) is 8.66. The van der Waals surface area contributed by atoms with Gasteiger partial charge in [0.1, 0.15) is 0 Å². The zero-order valence-electron chi connectivity index (χ0n) is 16.0. The molecule has 0 aliphatic heterocycles. The standard InChI is InChI=1S/C21H27ClN4O.ClH/c22-14-6-12-17(13-7-14)26-19-5-3-1-2-4-18(19)20(25-26)21(27)24-16-10-8-15(23)9-11-16;/h6-7,12-13,15-16H,1-5,8-11,23H2,(H,24,27);1H. The van der Waals surface area contributed by atoms with Gasteiger partial charge in [0.15, 0.2) is 5.69 Å². The molecule has 28 heavy (non-hydrogen) atoms. The molecule has 1 aromatic heterocycles. The third-order valence-electron chi connectivity index (χ3n) is 5.82. The predicted octanol–water partition coefficient (Wildman–Crippen LogP) is 4.22. The second-order valence-electron chi connectivity index (χ2n) is 7.81. The minimum Gasteiger partial charge on any atom is -0.348 e.